The van der Waals surface area contributed by atoms with Gasteiger partial charge in [-0.3, -0.25) is 14.5 Å². The van der Waals surface area contributed by atoms with Gasteiger partial charge in [-0.1, -0.05) is 60.7 Å². The molecule has 0 radical (unpaired) electrons. The summed E-state index contributed by atoms with van der Waals surface area (Å²) in [7, 11) is 0. The Hall–Kier alpha value is -5.18. The molecule has 2 fully saturated rings. The first kappa shape index (κ1) is 33.0. The fourth-order valence-electron chi connectivity index (χ4n) is 7.24. The number of fused-ring (bicyclic) bond motifs is 2. The van der Waals surface area contributed by atoms with Gasteiger partial charge in [0.25, 0.3) is 11.8 Å². The van der Waals surface area contributed by atoms with Gasteiger partial charge in [-0.2, -0.15) is 0 Å². The van der Waals surface area contributed by atoms with E-state index in [0.717, 1.165) is 95.8 Å². The van der Waals surface area contributed by atoms with E-state index >= 15 is 0 Å². The van der Waals surface area contributed by atoms with Crippen LogP contribution in [0.4, 0.5) is 0 Å². The van der Waals surface area contributed by atoms with Crippen LogP contribution < -0.4 is 14.2 Å². The number of imide groups is 1. The highest BCUT2D eigenvalue weighted by atomic mass is 16.7. The molecule has 2 amide bonds. The molecule has 51 heavy (non-hydrogen) atoms. The fourth-order valence-corrected chi connectivity index (χ4v) is 7.24. The van der Waals surface area contributed by atoms with E-state index < -0.39 is 0 Å². The van der Waals surface area contributed by atoms with Gasteiger partial charge in [0.15, 0.2) is 12.6 Å². The molecule has 8 heteroatoms. The molecule has 2 saturated heterocycles. The van der Waals surface area contributed by atoms with Crippen molar-refractivity contribution in [3.63, 3.8) is 0 Å². The molecule has 0 aromatic heterocycles. The maximum absolute atomic E-state index is 12.8. The second kappa shape index (κ2) is 14.6. The van der Waals surface area contributed by atoms with Crippen LogP contribution >= 0.6 is 0 Å². The van der Waals surface area contributed by atoms with Crippen LogP contribution in [0, 0.1) is 0 Å². The van der Waals surface area contributed by atoms with Gasteiger partial charge >= 0.3 is 0 Å². The van der Waals surface area contributed by atoms with Gasteiger partial charge in [0.2, 0.25) is 0 Å². The van der Waals surface area contributed by atoms with Crippen LogP contribution in [0.25, 0.3) is 17.2 Å². The molecule has 8 rings (SSSR count). The zero-order chi connectivity index (χ0) is 34.7. The Bertz CT molecular complexity index is 1950. The molecular weight excluding hydrogens is 642 g/mol. The Morgan fingerprint density at radius 2 is 1.39 bits per heavy atom. The molecule has 3 unspecified atom stereocenters. The van der Waals surface area contributed by atoms with E-state index in [1.807, 2.05) is 48.6 Å². The maximum atomic E-state index is 12.8. The van der Waals surface area contributed by atoms with E-state index in [9.17, 15) is 9.59 Å². The summed E-state index contributed by atoms with van der Waals surface area (Å²) in [5.74, 6) is 1.77. The van der Waals surface area contributed by atoms with Crippen LogP contribution in [0.1, 0.15) is 94.5 Å². The second-order valence-corrected chi connectivity index (χ2v) is 13.4. The summed E-state index contributed by atoms with van der Waals surface area (Å²) in [6.45, 7) is 3.77. The number of carbonyl (C=O) groups excluding carboxylic acids is 2. The first-order valence-corrected chi connectivity index (χ1v) is 17.9. The van der Waals surface area contributed by atoms with Gasteiger partial charge < -0.3 is 23.7 Å². The SMILES string of the molecule is CC1=C(c2cccc(OC3CCCCO3)c2)C(c2ccc(/C=C\CN3C(=O)c4ccccc4C3=O)cc2)Oc2ccc(OC3CCCCO3)cc21. The monoisotopic (exact) mass is 683 g/mol. The molecule has 4 aliphatic rings. The summed E-state index contributed by atoms with van der Waals surface area (Å²) >= 11 is 0. The van der Waals surface area contributed by atoms with E-state index in [4.69, 9.17) is 23.7 Å². The molecule has 260 valence electrons. The smallest absolute Gasteiger partial charge is 0.261 e. The number of hydrogen-bond donors (Lipinski definition) is 0. The molecule has 4 aromatic carbocycles. The number of allylic oxidation sites excluding steroid dienone is 1. The third kappa shape index (κ3) is 6.94. The van der Waals surface area contributed by atoms with E-state index in [1.165, 1.54) is 4.90 Å². The van der Waals surface area contributed by atoms with Crippen molar-refractivity contribution in [3.8, 4) is 17.2 Å². The molecular formula is C43H41NO7. The highest BCUT2D eigenvalue weighted by Crippen LogP contribution is 2.48. The van der Waals surface area contributed by atoms with Gasteiger partial charge in [0.1, 0.15) is 23.4 Å². The molecule has 3 atom stereocenters. The summed E-state index contributed by atoms with van der Waals surface area (Å²) in [5.41, 5.74) is 6.95. The number of rotatable bonds is 9. The van der Waals surface area contributed by atoms with Crippen LogP contribution in [0.2, 0.25) is 0 Å². The van der Waals surface area contributed by atoms with Crippen molar-refractivity contribution in [2.24, 2.45) is 0 Å². The number of ether oxygens (including phenoxy) is 5. The number of benzene rings is 4. The summed E-state index contributed by atoms with van der Waals surface area (Å²) < 4.78 is 31.1. The van der Waals surface area contributed by atoms with Gasteiger partial charge in [-0.25, -0.2) is 0 Å². The molecule has 0 N–H and O–H groups in total. The minimum absolute atomic E-state index is 0.200. The lowest BCUT2D eigenvalue weighted by molar-refractivity contribution is -0.106. The van der Waals surface area contributed by atoms with Gasteiger partial charge in [-0.15, -0.1) is 0 Å². The third-order valence-corrected chi connectivity index (χ3v) is 9.94. The maximum Gasteiger partial charge on any atom is 0.261 e. The quantitative estimate of drug-likeness (QED) is 0.163. The van der Waals surface area contributed by atoms with Crippen molar-refractivity contribution >= 4 is 29.0 Å². The lowest BCUT2D eigenvalue weighted by atomic mass is 9.86. The lowest BCUT2D eigenvalue weighted by Gasteiger charge is -2.32. The van der Waals surface area contributed by atoms with Crippen molar-refractivity contribution in [1.29, 1.82) is 0 Å². The number of nitrogens with zero attached hydrogens (tertiary/aromatic N) is 1. The Balaban J connectivity index is 1.07. The number of carbonyl (C=O) groups is 2. The van der Waals surface area contributed by atoms with Crippen LogP contribution in [0.5, 0.6) is 17.2 Å². The predicted molar refractivity (Wildman–Crippen MR) is 194 cm³/mol. The Morgan fingerprint density at radius 1 is 0.725 bits per heavy atom. The highest BCUT2D eigenvalue weighted by molar-refractivity contribution is 6.21. The summed E-state index contributed by atoms with van der Waals surface area (Å²) in [6.07, 6.45) is 8.95. The molecule has 0 aliphatic carbocycles. The summed E-state index contributed by atoms with van der Waals surface area (Å²) in [5, 5.41) is 0. The van der Waals surface area contributed by atoms with Crippen molar-refractivity contribution in [1.82, 2.24) is 4.90 Å². The zero-order valence-corrected chi connectivity index (χ0v) is 28.7. The molecule has 4 heterocycles. The van der Waals surface area contributed by atoms with Crippen molar-refractivity contribution in [3.05, 3.63) is 130 Å². The average molecular weight is 684 g/mol. The average Bonchev–Trinajstić information content (AvgIpc) is 3.41. The second-order valence-electron chi connectivity index (χ2n) is 13.4. The van der Waals surface area contributed by atoms with Gasteiger partial charge in [-0.05, 0) is 97.3 Å². The largest absolute Gasteiger partial charge is 0.480 e. The van der Waals surface area contributed by atoms with E-state index in [2.05, 4.69) is 37.3 Å². The van der Waals surface area contributed by atoms with E-state index in [-0.39, 0.29) is 37.0 Å². The molecule has 0 saturated carbocycles. The van der Waals surface area contributed by atoms with Crippen LogP contribution in [-0.2, 0) is 9.47 Å². The van der Waals surface area contributed by atoms with Crippen LogP contribution in [0.3, 0.4) is 0 Å². The minimum Gasteiger partial charge on any atom is -0.480 e. The standard InChI is InChI=1S/C43H41NO7/c1-28-36-27-33(50-39-16-5-7-25-48-39)21-22-37(36)51-41(40(28)31-11-8-12-32(26-31)49-38-15-4-6-24-47-38)30-19-17-29(18-20-30)10-9-23-44-42(45)34-13-2-3-14-35(34)43(44)46/h2-3,8-14,17-22,26-27,38-39,41H,4-7,15-16,23-25H2,1H3/b10-9-. The first-order valence-electron chi connectivity index (χ1n) is 17.9. The normalized spacial score (nSPS) is 21.7. The van der Waals surface area contributed by atoms with Crippen LogP contribution in [-0.4, -0.2) is 49.1 Å². The molecule has 8 nitrogen and oxygen atoms in total. The zero-order valence-electron chi connectivity index (χ0n) is 28.7. The minimum atomic E-state index is -0.386. The molecule has 4 aromatic rings. The number of hydrogen-bond acceptors (Lipinski definition) is 7. The summed E-state index contributed by atoms with van der Waals surface area (Å²) in [4.78, 5) is 26.9. The highest BCUT2D eigenvalue weighted by Gasteiger charge is 2.34. The predicted octanol–water partition coefficient (Wildman–Crippen LogP) is 8.87. The van der Waals surface area contributed by atoms with Crippen LogP contribution in [0.15, 0.2) is 97.1 Å². The summed E-state index contributed by atoms with van der Waals surface area (Å²) in [6, 6.07) is 29.3. The molecule has 0 spiro atoms. The topological polar surface area (TPSA) is 83.5 Å². The van der Waals surface area contributed by atoms with E-state index in [1.54, 1.807) is 24.3 Å². The first-order chi connectivity index (χ1) is 25.0. The van der Waals surface area contributed by atoms with E-state index in [0.29, 0.717) is 17.7 Å². The Labute approximate surface area is 298 Å². The lowest BCUT2D eigenvalue weighted by Crippen LogP contribution is -2.29. The number of amides is 2. The molecule has 4 aliphatic heterocycles. The fraction of sp³-hybridized carbons (Fsp3) is 0.302. The van der Waals surface area contributed by atoms with Crippen molar-refractivity contribution in [2.45, 2.75) is 64.1 Å². The van der Waals surface area contributed by atoms with Gasteiger partial charge in [0, 0.05) is 30.5 Å². The van der Waals surface area contributed by atoms with Gasteiger partial charge in [0.05, 0.1) is 24.3 Å². The Kier molecular flexibility index (Phi) is 9.43. The van der Waals surface area contributed by atoms with Crippen molar-refractivity contribution < 1.29 is 33.3 Å². The third-order valence-electron chi connectivity index (χ3n) is 9.94. The molecule has 0 bridgehead atoms. The van der Waals surface area contributed by atoms with Crippen molar-refractivity contribution in [2.75, 3.05) is 19.8 Å². The Morgan fingerprint density at radius 3 is 2.04 bits per heavy atom.